The average molecular weight is 239 g/mol. The molecule has 2 heterocycles. The topological polar surface area (TPSA) is 103 Å². The molecule has 0 amide bonds. The molecule has 0 bridgehead atoms. The summed E-state index contributed by atoms with van der Waals surface area (Å²) in [6.07, 6.45) is 0. The molecule has 17 heavy (non-hydrogen) atoms. The summed E-state index contributed by atoms with van der Waals surface area (Å²) in [6.45, 7) is 0.577. The van der Waals surface area contributed by atoms with Gasteiger partial charge in [0.05, 0.1) is 0 Å². The van der Waals surface area contributed by atoms with Gasteiger partial charge in [0.15, 0.2) is 11.8 Å². The largest absolute Gasteiger partial charge is 0.494 e. The molecule has 0 fully saturated rings. The van der Waals surface area contributed by atoms with Crippen molar-refractivity contribution in [2.45, 2.75) is 6.54 Å². The second kappa shape index (κ2) is 4.20. The van der Waals surface area contributed by atoms with Crippen molar-refractivity contribution in [2.75, 3.05) is 12.0 Å². The van der Waals surface area contributed by atoms with Crippen molar-refractivity contribution in [1.29, 1.82) is 0 Å². The first-order chi connectivity index (χ1) is 8.09. The van der Waals surface area contributed by atoms with Crippen LogP contribution in [0, 0.1) is 0 Å². The molecule has 0 aliphatic heterocycles. The van der Waals surface area contributed by atoms with Gasteiger partial charge in [-0.2, -0.15) is 4.68 Å². The van der Waals surface area contributed by atoms with Crippen LogP contribution in [0.4, 0.5) is 0 Å². The van der Waals surface area contributed by atoms with E-state index in [4.69, 9.17) is 0 Å². The van der Waals surface area contributed by atoms with Crippen LogP contribution in [0.25, 0.3) is 0 Å². The minimum atomic E-state index is -0.122. The maximum absolute atomic E-state index is 9.37. The Balaban J connectivity index is 1.97. The molecule has 7 nitrogen and oxygen atoms in total. The minimum absolute atomic E-state index is 0.0507. The van der Waals surface area contributed by atoms with E-state index in [1.165, 1.54) is 28.8 Å². The molecule has 0 radical (unpaired) electrons. The van der Waals surface area contributed by atoms with E-state index in [-0.39, 0.29) is 30.1 Å². The smallest absolute Gasteiger partial charge is 0.213 e. The highest BCUT2D eigenvalue weighted by molar-refractivity contribution is 5.26. The fourth-order valence-corrected chi connectivity index (χ4v) is 1.53. The Morgan fingerprint density at radius 1 is 0.824 bits per heavy atom. The molecule has 0 saturated heterocycles. The number of nitrogens with one attached hydrogen (secondary N) is 1. The van der Waals surface area contributed by atoms with Crippen LogP contribution in [0.2, 0.25) is 0 Å². The Morgan fingerprint density at radius 3 is 1.82 bits per heavy atom. The highest BCUT2D eigenvalue weighted by Crippen LogP contribution is 2.21. The van der Waals surface area contributed by atoms with E-state index >= 15 is 0 Å². The Morgan fingerprint density at radius 2 is 1.29 bits per heavy atom. The molecular weight excluding hydrogens is 226 g/mol. The quantitative estimate of drug-likeness (QED) is 0.530. The number of aromatic hydroxyl groups is 4. The van der Waals surface area contributed by atoms with Crippen molar-refractivity contribution in [3.63, 3.8) is 0 Å². The first-order valence-electron chi connectivity index (χ1n) is 5.00. The SMILES string of the molecule is Oc1ccc(O)n1CCNn1c(O)ccc1O. The van der Waals surface area contributed by atoms with Crippen molar-refractivity contribution in [1.82, 2.24) is 9.24 Å². The normalized spacial score (nSPS) is 10.6. The summed E-state index contributed by atoms with van der Waals surface area (Å²) in [5, 5.41) is 37.4. The number of hydrogen-bond donors (Lipinski definition) is 5. The molecule has 2 rings (SSSR count). The van der Waals surface area contributed by atoms with Gasteiger partial charge in [0, 0.05) is 37.4 Å². The van der Waals surface area contributed by atoms with Gasteiger partial charge in [0.2, 0.25) is 11.8 Å². The Hall–Kier alpha value is -2.44. The summed E-state index contributed by atoms with van der Waals surface area (Å²) < 4.78 is 2.38. The maximum Gasteiger partial charge on any atom is 0.213 e. The van der Waals surface area contributed by atoms with Gasteiger partial charge < -0.3 is 25.9 Å². The zero-order valence-corrected chi connectivity index (χ0v) is 8.91. The summed E-state index contributed by atoms with van der Waals surface area (Å²) in [7, 11) is 0. The molecule has 0 aliphatic rings. The third-order valence-corrected chi connectivity index (χ3v) is 2.38. The highest BCUT2D eigenvalue weighted by Gasteiger charge is 2.07. The molecule has 0 aromatic carbocycles. The number of rotatable bonds is 4. The predicted octanol–water partition coefficient (Wildman–Crippen LogP) is 0.356. The summed E-state index contributed by atoms with van der Waals surface area (Å²) in [6, 6.07) is 5.43. The minimum Gasteiger partial charge on any atom is -0.494 e. The van der Waals surface area contributed by atoms with Crippen molar-refractivity contribution in [3.05, 3.63) is 24.3 Å². The van der Waals surface area contributed by atoms with Crippen LogP contribution >= 0.6 is 0 Å². The van der Waals surface area contributed by atoms with Gasteiger partial charge in [-0.05, 0) is 0 Å². The molecule has 0 unspecified atom stereocenters. The molecule has 5 N–H and O–H groups in total. The van der Waals surface area contributed by atoms with Gasteiger partial charge in [-0.15, -0.1) is 0 Å². The third-order valence-electron chi connectivity index (χ3n) is 2.38. The van der Waals surface area contributed by atoms with E-state index in [0.29, 0.717) is 6.54 Å². The van der Waals surface area contributed by atoms with Crippen molar-refractivity contribution < 1.29 is 20.4 Å². The summed E-state index contributed by atoms with van der Waals surface area (Å²) in [4.78, 5) is 0. The molecule has 0 atom stereocenters. The predicted molar refractivity (Wildman–Crippen MR) is 59.8 cm³/mol. The fraction of sp³-hybridized carbons (Fsp3) is 0.200. The molecule has 92 valence electrons. The van der Waals surface area contributed by atoms with Gasteiger partial charge in [-0.1, -0.05) is 0 Å². The number of aromatic nitrogens is 2. The van der Waals surface area contributed by atoms with E-state index < -0.39 is 0 Å². The lowest BCUT2D eigenvalue weighted by atomic mass is 10.6. The average Bonchev–Trinajstić information content (AvgIpc) is 2.77. The zero-order chi connectivity index (χ0) is 12.4. The third kappa shape index (κ3) is 2.07. The van der Waals surface area contributed by atoms with Crippen LogP contribution in [0.15, 0.2) is 24.3 Å². The lowest BCUT2D eigenvalue weighted by Gasteiger charge is -2.11. The maximum atomic E-state index is 9.37. The van der Waals surface area contributed by atoms with Gasteiger partial charge in [0.1, 0.15) is 0 Å². The zero-order valence-electron chi connectivity index (χ0n) is 8.91. The first kappa shape index (κ1) is 11.1. The highest BCUT2D eigenvalue weighted by atomic mass is 16.3. The Kier molecular flexibility index (Phi) is 2.73. The van der Waals surface area contributed by atoms with E-state index in [1.807, 2.05) is 0 Å². The van der Waals surface area contributed by atoms with Crippen LogP contribution in [0.1, 0.15) is 0 Å². The first-order valence-corrected chi connectivity index (χ1v) is 5.00. The fourth-order valence-electron chi connectivity index (χ4n) is 1.53. The van der Waals surface area contributed by atoms with Crippen molar-refractivity contribution in [3.8, 4) is 23.5 Å². The summed E-state index contributed by atoms with van der Waals surface area (Å²) in [5.74, 6) is -0.345. The summed E-state index contributed by atoms with van der Waals surface area (Å²) in [5.41, 5.74) is 2.73. The summed E-state index contributed by atoms with van der Waals surface area (Å²) >= 11 is 0. The van der Waals surface area contributed by atoms with Crippen LogP contribution in [-0.4, -0.2) is 36.2 Å². The lowest BCUT2D eigenvalue weighted by Crippen LogP contribution is -2.18. The van der Waals surface area contributed by atoms with E-state index in [1.54, 1.807) is 0 Å². The molecule has 0 aliphatic carbocycles. The molecule has 2 aromatic heterocycles. The second-order valence-corrected chi connectivity index (χ2v) is 3.49. The van der Waals surface area contributed by atoms with E-state index in [2.05, 4.69) is 5.43 Å². The molecule has 0 spiro atoms. The van der Waals surface area contributed by atoms with Crippen LogP contribution in [0.5, 0.6) is 23.5 Å². The molecule has 0 saturated carbocycles. The molecular formula is C10H13N3O4. The van der Waals surface area contributed by atoms with Gasteiger partial charge >= 0.3 is 0 Å². The monoisotopic (exact) mass is 239 g/mol. The van der Waals surface area contributed by atoms with Crippen LogP contribution in [0.3, 0.4) is 0 Å². The second-order valence-electron chi connectivity index (χ2n) is 3.49. The van der Waals surface area contributed by atoms with E-state index in [0.717, 1.165) is 4.68 Å². The lowest BCUT2D eigenvalue weighted by molar-refractivity contribution is 0.364. The Bertz CT molecular complexity index is 432. The number of hydrogen-bond acceptors (Lipinski definition) is 5. The van der Waals surface area contributed by atoms with Crippen LogP contribution in [-0.2, 0) is 6.54 Å². The van der Waals surface area contributed by atoms with Gasteiger partial charge in [-0.3, -0.25) is 4.57 Å². The van der Waals surface area contributed by atoms with E-state index in [9.17, 15) is 20.4 Å². The Labute approximate surface area is 96.8 Å². The van der Waals surface area contributed by atoms with Gasteiger partial charge in [-0.25, -0.2) is 0 Å². The standard InChI is InChI=1S/C10H13N3O4/c14-7-1-2-8(15)12(7)6-5-11-13-9(16)3-4-10(13)17/h1-4,11,14-17H,5-6H2. The van der Waals surface area contributed by atoms with Crippen molar-refractivity contribution in [2.24, 2.45) is 0 Å². The van der Waals surface area contributed by atoms with Gasteiger partial charge in [0.25, 0.3) is 0 Å². The number of nitrogens with zero attached hydrogens (tertiary/aromatic N) is 2. The van der Waals surface area contributed by atoms with Crippen molar-refractivity contribution >= 4 is 0 Å². The molecule has 7 heteroatoms. The molecule has 2 aromatic rings. The van der Waals surface area contributed by atoms with Crippen LogP contribution < -0.4 is 5.43 Å².